The Balaban J connectivity index is 1.78. The van der Waals surface area contributed by atoms with Gasteiger partial charge in [-0.2, -0.15) is 0 Å². The van der Waals surface area contributed by atoms with Crippen LogP contribution in [-0.2, 0) is 0 Å². The molecule has 1 atom stereocenters. The van der Waals surface area contributed by atoms with Crippen molar-refractivity contribution in [2.45, 2.75) is 12.8 Å². The van der Waals surface area contributed by atoms with Crippen LogP contribution in [0.5, 0.6) is 5.75 Å². The van der Waals surface area contributed by atoms with Gasteiger partial charge in [-0.1, -0.05) is 37.3 Å². The van der Waals surface area contributed by atoms with Crippen molar-refractivity contribution in [3.05, 3.63) is 82.9 Å². The van der Waals surface area contributed by atoms with E-state index in [4.69, 9.17) is 4.74 Å². The summed E-state index contributed by atoms with van der Waals surface area (Å²) in [5.74, 6) is 1.37. The molecule has 0 fully saturated rings. The third-order valence-corrected chi connectivity index (χ3v) is 4.14. The number of hydrogen-bond donors (Lipinski definition) is 1. The fourth-order valence-electron chi connectivity index (χ4n) is 2.63. The summed E-state index contributed by atoms with van der Waals surface area (Å²) in [7, 11) is 1.61. The summed E-state index contributed by atoms with van der Waals surface area (Å²) < 4.78 is 6.73. The fourth-order valence-corrected chi connectivity index (χ4v) is 2.63. The van der Waals surface area contributed by atoms with E-state index in [0.717, 1.165) is 11.4 Å². The number of aromatic nitrogens is 2. The van der Waals surface area contributed by atoms with Crippen molar-refractivity contribution in [1.82, 2.24) is 9.55 Å². The lowest BCUT2D eigenvalue weighted by atomic mass is 10.0. The molecule has 0 bridgehead atoms. The summed E-state index contributed by atoms with van der Waals surface area (Å²) in [4.78, 5) is 16.9. The molecule has 0 radical (unpaired) electrons. The van der Waals surface area contributed by atoms with Gasteiger partial charge < -0.3 is 10.1 Å². The topological polar surface area (TPSA) is 56.1 Å². The Kier molecular flexibility index (Phi) is 5.14. The molecule has 1 N–H and O–H groups in total. The van der Waals surface area contributed by atoms with Gasteiger partial charge in [0.2, 0.25) is 0 Å². The summed E-state index contributed by atoms with van der Waals surface area (Å²) in [6.07, 6.45) is 3.29. The Hall–Kier alpha value is -3.08. The predicted octanol–water partition coefficient (Wildman–Crippen LogP) is 3.46. The molecule has 0 aliphatic heterocycles. The van der Waals surface area contributed by atoms with Crippen molar-refractivity contribution in [2.75, 3.05) is 19.0 Å². The van der Waals surface area contributed by atoms with E-state index in [-0.39, 0.29) is 11.5 Å². The lowest BCUT2D eigenvalue weighted by Gasteiger charge is -2.14. The van der Waals surface area contributed by atoms with Gasteiger partial charge in [-0.3, -0.25) is 9.36 Å². The van der Waals surface area contributed by atoms with Crippen LogP contribution >= 0.6 is 0 Å². The van der Waals surface area contributed by atoms with Gasteiger partial charge in [-0.05, 0) is 35.7 Å². The molecule has 1 aromatic heterocycles. The first-order valence-electron chi connectivity index (χ1n) is 8.20. The molecule has 2 aromatic carbocycles. The molecule has 0 saturated heterocycles. The van der Waals surface area contributed by atoms with E-state index in [9.17, 15) is 4.79 Å². The molecular formula is C20H21N3O2. The number of nitrogens with one attached hydrogen (secondary N) is 1. The molecule has 25 heavy (non-hydrogen) atoms. The molecule has 5 heteroatoms. The monoisotopic (exact) mass is 335 g/mol. The van der Waals surface area contributed by atoms with Gasteiger partial charge in [0.1, 0.15) is 5.75 Å². The number of rotatable bonds is 6. The third kappa shape index (κ3) is 3.88. The van der Waals surface area contributed by atoms with Crippen LogP contribution in [-0.4, -0.2) is 23.2 Å². The standard InChI is InChI=1S/C20H21N3O2/c1-15(16-6-4-3-5-7-16)14-22-19-20(24)23(13-12-21-19)17-8-10-18(25-2)11-9-17/h3-13,15H,14H2,1-2H3,(H,21,22). The van der Waals surface area contributed by atoms with Gasteiger partial charge >= 0.3 is 0 Å². The van der Waals surface area contributed by atoms with Gasteiger partial charge in [-0.15, -0.1) is 0 Å². The van der Waals surface area contributed by atoms with Crippen molar-refractivity contribution in [2.24, 2.45) is 0 Å². The van der Waals surface area contributed by atoms with E-state index < -0.39 is 0 Å². The third-order valence-electron chi connectivity index (χ3n) is 4.14. The highest BCUT2D eigenvalue weighted by atomic mass is 16.5. The molecule has 1 unspecified atom stereocenters. The zero-order valence-electron chi connectivity index (χ0n) is 14.3. The van der Waals surface area contributed by atoms with Gasteiger partial charge in [-0.25, -0.2) is 4.98 Å². The maximum absolute atomic E-state index is 12.7. The predicted molar refractivity (Wildman–Crippen MR) is 99.7 cm³/mol. The normalized spacial score (nSPS) is 11.8. The van der Waals surface area contributed by atoms with E-state index in [2.05, 4.69) is 29.4 Å². The first-order chi connectivity index (χ1) is 12.2. The second-order valence-corrected chi connectivity index (χ2v) is 5.84. The highest BCUT2D eigenvalue weighted by molar-refractivity contribution is 5.41. The minimum absolute atomic E-state index is 0.173. The van der Waals surface area contributed by atoms with Crippen LogP contribution in [0.4, 0.5) is 5.82 Å². The Labute approximate surface area is 146 Å². The summed E-state index contributed by atoms with van der Waals surface area (Å²) in [5.41, 5.74) is 1.82. The fraction of sp³-hybridized carbons (Fsp3) is 0.200. The number of anilines is 1. The number of ether oxygens (including phenoxy) is 1. The molecule has 0 saturated carbocycles. The maximum atomic E-state index is 12.7. The summed E-state index contributed by atoms with van der Waals surface area (Å²) in [6.45, 7) is 2.76. The average Bonchev–Trinajstić information content (AvgIpc) is 2.68. The van der Waals surface area contributed by atoms with Crippen molar-refractivity contribution in [3.63, 3.8) is 0 Å². The number of hydrogen-bond acceptors (Lipinski definition) is 4. The summed E-state index contributed by atoms with van der Waals surface area (Å²) in [5, 5.41) is 3.17. The van der Waals surface area contributed by atoms with E-state index in [1.165, 1.54) is 5.56 Å². The zero-order chi connectivity index (χ0) is 17.6. The van der Waals surface area contributed by atoms with Crippen molar-refractivity contribution < 1.29 is 4.74 Å². The van der Waals surface area contributed by atoms with Crippen LogP contribution < -0.4 is 15.6 Å². The van der Waals surface area contributed by atoms with Crippen LogP contribution in [0.25, 0.3) is 5.69 Å². The molecule has 0 aliphatic rings. The minimum atomic E-state index is -0.173. The lowest BCUT2D eigenvalue weighted by Crippen LogP contribution is -2.24. The SMILES string of the molecule is COc1ccc(-n2ccnc(NCC(C)c3ccccc3)c2=O)cc1. The zero-order valence-corrected chi connectivity index (χ0v) is 14.3. The van der Waals surface area contributed by atoms with E-state index in [0.29, 0.717) is 12.4 Å². The number of nitrogens with zero attached hydrogens (tertiary/aromatic N) is 2. The Morgan fingerprint density at radius 3 is 2.52 bits per heavy atom. The van der Waals surface area contributed by atoms with Crippen LogP contribution in [0.15, 0.2) is 71.8 Å². The van der Waals surface area contributed by atoms with Gasteiger partial charge in [0.05, 0.1) is 7.11 Å². The number of methoxy groups -OCH3 is 1. The highest BCUT2D eigenvalue weighted by Gasteiger charge is 2.09. The average molecular weight is 335 g/mol. The minimum Gasteiger partial charge on any atom is -0.497 e. The molecule has 3 rings (SSSR count). The molecule has 5 nitrogen and oxygen atoms in total. The second-order valence-electron chi connectivity index (χ2n) is 5.84. The summed E-state index contributed by atoms with van der Waals surface area (Å²) in [6, 6.07) is 17.5. The van der Waals surface area contributed by atoms with Gasteiger partial charge in [0, 0.05) is 24.6 Å². The van der Waals surface area contributed by atoms with Crippen LogP contribution in [0.3, 0.4) is 0 Å². The molecule has 3 aromatic rings. The largest absolute Gasteiger partial charge is 0.497 e. The van der Waals surface area contributed by atoms with Gasteiger partial charge in [0.25, 0.3) is 5.56 Å². The van der Waals surface area contributed by atoms with Crippen molar-refractivity contribution in [1.29, 1.82) is 0 Å². The quantitative estimate of drug-likeness (QED) is 0.749. The van der Waals surface area contributed by atoms with E-state index >= 15 is 0 Å². The van der Waals surface area contributed by atoms with Gasteiger partial charge in [0.15, 0.2) is 5.82 Å². The molecule has 1 heterocycles. The first kappa shape index (κ1) is 16.8. The second kappa shape index (κ2) is 7.66. The molecular weight excluding hydrogens is 314 g/mol. The first-order valence-corrected chi connectivity index (χ1v) is 8.20. The molecule has 0 aliphatic carbocycles. The van der Waals surface area contributed by atoms with Crippen molar-refractivity contribution >= 4 is 5.82 Å². The smallest absolute Gasteiger partial charge is 0.297 e. The van der Waals surface area contributed by atoms with Crippen LogP contribution in [0.1, 0.15) is 18.4 Å². The van der Waals surface area contributed by atoms with Crippen molar-refractivity contribution in [3.8, 4) is 11.4 Å². The van der Waals surface area contributed by atoms with E-state index in [1.54, 1.807) is 24.1 Å². The Morgan fingerprint density at radius 1 is 1.12 bits per heavy atom. The van der Waals surface area contributed by atoms with E-state index in [1.807, 2.05) is 42.5 Å². The molecule has 0 amide bonds. The number of benzene rings is 2. The molecule has 0 spiro atoms. The Morgan fingerprint density at radius 2 is 1.84 bits per heavy atom. The van der Waals surface area contributed by atoms with Crippen LogP contribution in [0.2, 0.25) is 0 Å². The maximum Gasteiger partial charge on any atom is 0.297 e. The van der Waals surface area contributed by atoms with Crippen LogP contribution in [0, 0.1) is 0 Å². The highest BCUT2D eigenvalue weighted by Crippen LogP contribution is 2.16. The summed E-state index contributed by atoms with van der Waals surface area (Å²) >= 11 is 0. The Bertz CT molecular complexity index is 873. The lowest BCUT2D eigenvalue weighted by molar-refractivity contribution is 0.414. The molecule has 128 valence electrons.